The molecule has 31 heavy (non-hydrogen) atoms. The van der Waals surface area contributed by atoms with Gasteiger partial charge in [-0.2, -0.15) is 0 Å². The average Bonchev–Trinajstić information content (AvgIpc) is 2.77. The minimum Gasteiger partial charge on any atom is -0.493 e. The number of nitrogens with zero attached hydrogens (tertiary/aromatic N) is 4. The number of aryl methyl sites for hydroxylation is 3. The molecule has 0 aliphatic carbocycles. The summed E-state index contributed by atoms with van der Waals surface area (Å²) in [7, 11) is 0. The highest BCUT2D eigenvalue weighted by Gasteiger charge is 2.07. The normalized spacial score (nSPS) is 11.4. The molecule has 0 aromatic carbocycles. The summed E-state index contributed by atoms with van der Waals surface area (Å²) in [5.41, 5.74) is 6.17. The third kappa shape index (κ3) is 6.88. The van der Waals surface area contributed by atoms with Gasteiger partial charge in [-0.3, -0.25) is 15.0 Å². The first-order valence-electron chi connectivity index (χ1n) is 10.7. The van der Waals surface area contributed by atoms with Gasteiger partial charge in [0.1, 0.15) is 18.1 Å². The van der Waals surface area contributed by atoms with Crippen molar-refractivity contribution in [2.75, 3.05) is 13.2 Å². The van der Waals surface area contributed by atoms with Crippen LogP contribution in [-0.2, 0) is 11.3 Å². The maximum Gasteiger partial charge on any atom is 0.123 e. The van der Waals surface area contributed by atoms with Gasteiger partial charge in [0.05, 0.1) is 23.7 Å². The van der Waals surface area contributed by atoms with Gasteiger partial charge in [0, 0.05) is 29.2 Å². The summed E-state index contributed by atoms with van der Waals surface area (Å²) in [5, 5.41) is 4.19. The summed E-state index contributed by atoms with van der Waals surface area (Å²) in [6.07, 6.45) is 2.59. The van der Waals surface area contributed by atoms with E-state index in [0.29, 0.717) is 13.2 Å². The SMILES string of the molecule is CCCOc1cc(C)nc(-c2cccc(CCCON=C(C)c3cccc(C)n3)n2)c1. The van der Waals surface area contributed by atoms with Crippen LogP contribution < -0.4 is 4.74 Å². The van der Waals surface area contributed by atoms with Crippen LogP contribution in [0.2, 0.25) is 0 Å². The first-order chi connectivity index (χ1) is 15.0. The Morgan fingerprint density at radius 2 is 1.74 bits per heavy atom. The number of hydrogen-bond acceptors (Lipinski definition) is 6. The number of ether oxygens (including phenoxy) is 1. The van der Waals surface area contributed by atoms with Gasteiger partial charge in [0.2, 0.25) is 0 Å². The zero-order chi connectivity index (χ0) is 22.1. The molecule has 0 aliphatic heterocycles. The van der Waals surface area contributed by atoms with E-state index in [0.717, 1.165) is 64.9 Å². The van der Waals surface area contributed by atoms with Crippen molar-refractivity contribution in [1.29, 1.82) is 0 Å². The minimum atomic E-state index is 0.521. The Hall–Kier alpha value is -3.28. The number of oxime groups is 1. The predicted octanol–water partition coefficient (Wildman–Crippen LogP) is 5.32. The van der Waals surface area contributed by atoms with E-state index in [2.05, 4.69) is 22.0 Å². The average molecular weight is 419 g/mol. The molecule has 0 atom stereocenters. The van der Waals surface area contributed by atoms with E-state index < -0.39 is 0 Å². The largest absolute Gasteiger partial charge is 0.493 e. The first kappa shape index (κ1) is 22.4. The molecule has 0 saturated carbocycles. The van der Waals surface area contributed by atoms with Crippen LogP contribution in [0.4, 0.5) is 0 Å². The van der Waals surface area contributed by atoms with Crippen LogP contribution in [0.15, 0.2) is 53.7 Å². The second-order valence-corrected chi connectivity index (χ2v) is 7.47. The number of aromatic nitrogens is 3. The summed E-state index contributed by atoms with van der Waals surface area (Å²) < 4.78 is 5.78. The van der Waals surface area contributed by atoms with Crippen molar-refractivity contribution in [3.05, 3.63) is 71.3 Å². The van der Waals surface area contributed by atoms with Crippen LogP contribution in [0.3, 0.4) is 0 Å². The van der Waals surface area contributed by atoms with Crippen molar-refractivity contribution in [3.8, 4) is 17.1 Å². The van der Waals surface area contributed by atoms with E-state index in [1.54, 1.807) is 0 Å². The van der Waals surface area contributed by atoms with Crippen LogP contribution in [0.5, 0.6) is 5.75 Å². The van der Waals surface area contributed by atoms with Crippen LogP contribution in [-0.4, -0.2) is 33.9 Å². The smallest absolute Gasteiger partial charge is 0.123 e. The van der Waals surface area contributed by atoms with Gasteiger partial charge < -0.3 is 9.57 Å². The zero-order valence-corrected chi connectivity index (χ0v) is 18.8. The predicted molar refractivity (Wildman–Crippen MR) is 123 cm³/mol. The van der Waals surface area contributed by atoms with Crippen molar-refractivity contribution in [2.45, 2.75) is 47.0 Å². The molecule has 0 fully saturated rings. The summed E-state index contributed by atoms with van der Waals surface area (Å²) in [6.45, 7) is 9.14. The molecular weight excluding hydrogens is 388 g/mol. The quantitative estimate of drug-likeness (QED) is 0.253. The van der Waals surface area contributed by atoms with E-state index in [4.69, 9.17) is 14.6 Å². The number of rotatable bonds is 10. The summed E-state index contributed by atoms with van der Waals surface area (Å²) in [6, 6.07) is 15.8. The third-order valence-electron chi connectivity index (χ3n) is 4.60. The lowest BCUT2D eigenvalue weighted by Crippen LogP contribution is -2.02. The fourth-order valence-corrected chi connectivity index (χ4v) is 3.08. The molecule has 3 aromatic rings. The van der Waals surface area contributed by atoms with E-state index in [-0.39, 0.29) is 0 Å². The van der Waals surface area contributed by atoms with Crippen molar-refractivity contribution in [3.63, 3.8) is 0 Å². The molecule has 0 bridgehead atoms. The first-order valence-corrected chi connectivity index (χ1v) is 10.7. The fraction of sp³-hybridized carbons (Fsp3) is 0.360. The summed E-state index contributed by atoms with van der Waals surface area (Å²) in [5.74, 6) is 0.835. The lowest BCUT2D eigenvalue weighted by atomic mass is 10.1. The molecule has 3 aromatic heterocycles. The molecule has 0 N–H and O–H groups in total. The molecular formula is C25H30N4O2. The van der Waals surface area contributed by atoms with Crippen LogP contribution >= 0.6 is 0 Å². The topological polar surface area (TPSA) is 69.5 Å². The Balaban J connectivity index is 1.56. The highest BCUT2D eigenvalue weighted by Crippen LogP contribution is 2.22. The molecule has 0 spiro atoms. The van der Waals surface area contributed by atoms with Gasteiger partial charge in [-0.15, -0.1) is 0 Å². The zero-order valence-electron chi connectivity index (χ0n) is 18.8. The van der Waals surface area contributed by atoms with Crippen molar-refractivity contribution < 1.29 is 9.57 Å². The van der Waals surface area contributed by atoms with Gasteiger partial charge in [-0.25, -0.2) is 0 Å². The number of pyridine rings is 3. The lowest BCUT2D eigenvalue weighted by molar-refractivity contribution is 0.141. The third-order valence-corrected chi connectivity index (χ3v) is 4.60. The van der Waals surface area contributed by atoms with Gasteiger partial charge in [-0.05, 0) is 64.3 Å². The summed E-state index contributed by atoms with van der Waals surface area (Å²) >= 11 is 0. The maximum absolute atomic E-state index is 5.78. The molecule has 0 radical (unpaired) electrons. The van der Waals surface area contributed by atoms with E-state index in [1.807, 2.05) is 69.3 Å². The Bertz CT molecular complexity index is 1030. The minimum absolute atomic E-state index is 0.521. The standard InChI is InChI=1S/C25H30N4O2/c1-5-14-30-22-16-19(3)27-25(17-22)24-13-7-10-21(28-24)11-8-15-31-29-20(4)23-12-6-9-18(2)26-23/h6-7,9-10,12-13,16-17H,5,8,11,14-15H2,1-4H3. The van der Waals surface area contributed by atoms with Crippen LogP contribution in [0.25, 0.3) is 11.4 Å². The molecule has 3 rings (SSSR count). The van der Waals surface area contributed by atoms with Crippen LogP contribution in [0.1, 0.15) is 49.5 Å². The summed E-state index contributed by atoms with van der Waals surface area (Å²) in [4.78, 5) is 19.3. The molecule has 0 unspecified atom stereocenters. The van der Waals surface area contributed by atoms with Gasteiger partial charge in [-0.1, -0.05) is 24.2 Å². The fourth-order valence-electron chi connectivity index (χ4n) is 3.08. The van der Waals surface area contributed by atoms with Gasteiger partial charge in [0.25, 0.3) is 0 Å². The van der Waals surface area contributed by atoms with E-state index in [1.165, 1.54) is 0 Å². The monoisotopic (exact) mass is 418 g/mol. The molecule has 0 aliphatic rings. The van der Waals surface area contributed by atoms with Gasteiger partial charge >= 0.3 is 0 Å². The van der Waals surface area contributed by atoms with Crippen LogP contribution in [0, 0.1) is 13.8 Å². The van der Waals surface area contributed by atoms with E-state index >= 15 is 0 Å². The highest BCUT2D eigenvalue weighted by molar-refractivity contribution is 5.96. The highest BCUT2D eigenvalue weighted by atomic mass is 16.6. The second-order valence-electron chi connectivity index (χ2n) is 7.47. The lowest BCUT2D eigenvalue weighted by Gasteiger charge is -2.09. The Kier molecular flexibility index (Phi) is 8.10. The Morgan fingerprint density at radius 1 is 0.903 bits per heavy atom. The molecule has 6 heteroatoms. The van der Waals surface area contributed by atoms with Crippen molar-refractivity contribution in [1.82, 2.24) is 15.0 Å². The second kappa shape index (κ2) is 11.2. The molecule has 0 saturated heterocycles. The van der Waals surface area contributed by atoms with E-state index in [9.17, 15) is 0 Å². The molecule has 6 nitrogen and oxygen atoms in total. The molecule has 0 amide bonds. The van der Waals surface area contributed by atoms with Crippen molar-refractivity contribution in [2.24, 2.45) is 5.16 Å². The van der Waals surface area contributed by atoms with Crippen molar-refractivity contribution >= 4 is 5.71 Å². The Labute approximate surface area is 184 Å². The van der Waals surface area contributed by atoms with Gasteiger partial charge in [0.15, 0.2) is 0 Å². The Morgan fingerprint density at radius 3 is 2.55 bits per heavy atom. The number of hydrogen-bond donors (Lipinski definition) is 0. The molecule has 162 valence electrons. The molecule has 3 heterocycles. The maximum atomic E-state index is 5.78.